The van der Waals surface area contributed by atoms with E-state index in [9.17, 15) is 43.2 Å². The molecule has 0 aromatic rings. The molecule has 0 rings (SSSR count). The Morgan fingerprint density at radius 2 is 0.637 bits per heavy atom. The molecule has 0 aliphatic heterocycles. The first-order chi connectivity index (χ1) is 38.3. The number of carbonyl (C=O) groups excluding carboxylic acids is 4. The minimum Gasteiger partial charge on any atom is -0.462 e. The van der Waals surface area contributed by atoms with Crippen LogP contribution in [-0.2, 0) is 65.4 Å². The zero-order valence-electron chi connectivity index (χ0n) is 51.5. The van der Waals surface area contributed by atoms with Crippen molar-refractivity contribution in [3.63, 3.8) is 0 Å². The summed E-state index contributed by atoms with van der Waals surface area (Å²) in [6, 6.07) is 0. The largest absolute Gasteiger partial charge is 0.472 e. The van der Waals surface area contributed by atoms with Gasteiger partial charge < -0.3 is 33.8 Å². The van der Waals surface area contributed by atoms with Crippen molar-refractivity contribution < 1.29 is 80.2 Å². The molecule has 0 bridgehead atoms. The van der Waals surface area contributed by atoms with Crippen LogP contribution in [-0.4, -0.2) is 96.7 Å². The number of hydrogen-bond acceptors (Lipinski definition) is 15. The number of esters is 4. The van der Waals surface area contributed by atoms with Gasteiger partial charge in [-0.15, -0.1) is 0 Å². The highest BCUT2D eigenvalue weighted by Crippen LogP contribution is 2.45. The van der Waals surface area contributed by atoms with Gasteiger partial charge in [-0.05, 0) is 43.4 Å². The Balaban J connectivity index is 5.24. The van der Waals surface area contributed by atoms with Crippen LogP contribution in [0.2, 0.25) is 0 Å². The third-order valence-electron chi connectivity index (χ3n) is 14.6. The number of carbonyl (C=O) groups is 4. The van der Waals surface area contributed by atoms with Crippen LogP contribution in [0.4, 0.5) is 0 Å². The smallest absolute Gasteiger partial charge is 0.462 e. The summed E-state index contributed by atoms with van der Waals surface area (Å²) in [4.78, 5) is 71.9. The van der Waals surface area contributed by atoms with E-state index in [1.807, 2.05) is 0 Å². The number of rotatable bonds is 59. The first-order valence-electron chi connectivity index (χ1n) is 31.9. The van der Waals surface area contributed by atoms with Crippen LogP contribution in [0.25, 0.3) is 0 Å². The molecule has 19 heteroatoms. The second-order valence-corrected chi connectivity index (χ2v) is 26.0. The van der Waals surface area contributed by atoms with E-state index < -0.39 is 97.5 Å². The molecule has 474 valence electrons. The van der Waals surface area contributed by atoms with E-state index in [-0.39, 0.29) is 25.7 Å². The minimum absolute atomic E-state index is 0.102. The lowest BCUT2D eigenvalue weighted by Crippen LogP contribution is -2.30. The molecule has 4 unspecified atom stereocenters. The average Bonchev–Trinajstić information content (AvgIpc) is 3.42. The van der Waals surface area contributed by atoms with Gasteiger partial charge in [-0.1, -0.05) is 241 Å². The molecule has 80 heavy (non-hydrogen) atoms. The fraction of sp³-hybridized carbons (Fsp3) is 0.934. The van der Waals surface area contributed by atoms with Gasteiger partial charge >= 0.3 is 39.5 Å². The Morgan fingerprint density at radius 3 is 0.950 bits per heavy atom. The van der Waals surface area contributed by atoms with Crippen molar-refractivity contribution in [2.75, 3.05) is 39.6 Å². The summed E-state index contributed by atoms with van der Waals surface area (Å²) in [5.41, 5.74) is 0. The highest BCUT2D eigenvalue weighted by atomic mass is 31.2. The predicted octanol–water partition coefficient (Wildman–Crippen LogP) is 16.3. The molecular weight excluding hydrogens is 1070 g/mol. The van der Waals surface area contributed by atoms with Crippen molar-refractivity contribution in [3.05, 3.63) is 0 Å². The number of aliphatic hydroxyl groups excluding tert-OH is 1. The second-order valence-electron chi connectivity index (χ2n) is 23.0. The van der Waals surface area contributed by atoms with E-state index in [2.05, 4.69) is 48.5 Å². The first kappa shape index (κ1) is 78.1. The first-order valence-corrected chi connectivity index (χ1v) is 34.9. The van der Waals surface area contributed by atoms with Crippen molar-refractivity contribution in [1.82, 2.24) is 0 Å². The van der Waals surface area contributed by atoms with Crippen molar-refractivity contribution >= 4 is 39.5 Å². The van der Waals surface area contributed by atoms with Gasteiger partial charge in [-0.25, -0.2) is 9.13 Å². The Kier molecular flexibility index (Phi) is 51.3. The van der Waals surface area contributed by atoms with Crippen LogP contribution in [0.5, 0.6) is 0 Å². The van der Waals surface area contributed by atoms with Crippen LogP contribution in [0.1, 0.15) is 292 Å². The molecule has 0 amide bonds. The van der Waals surface area contributed by atoms with Gasteiger partial charge in [0.1, 0.15) is 19.3 Å². The maximum Gasteiger partial charge on any atom is 0.472 e. The summed E-state index contributed by atoms with van der Waals surface area (Å²) >= 11 is 0. The van der Waals surface area contributed by atoms with Crippen molar-refractivity contribution in [3.8, 4) is 0 Å². The summed E-state index contributed by atoms with van der Waals surface area (Å²) in [6.07, 6.45) is 32.3. The van der Waals surface area contributed by atoms with E-state index in [0.717, 1.165) is 127 Å². The van der Waals surface area contributed by atoms with Crippen LogP contribution in [0.15, 0.2) is 0 Å². The summed E-state index contributed by atoms with van der Waals surface area (Å²) in [6.45, 7) is 11.6. The monoisotopic (exact) mass is 1180 g/mol. The van der Waals surface area contributed by atoms with E-state index in [4.69, 9.17) is 37.0 Å². The molecule has 0 aliphatic carbocycles. The van der Waals surface area contributed by atoms with Crippen LogP contribution < -0.4 is 0 Å². The van der Waals surface area contributed by atoms with Crippen LogP contribution >= 0.6 is 15.6 Å². The maximum atomic E-state index is 12.9. The zero-order chi connectivity index (χ0) is 59.5. The lowest BCUT2D eigenvalue weighted by molar-refractivity contribution is -0.161. The summed E-state index contributed by atoms with van der Waals surface area (Å²) in [5, 5.41) is 10.5. The van der Waals surface area contributed by atoms with E-state index in [1.165, 1.54) is 83.5 Å². The summed E-state index contributed by atoms with van der Waals surface area (Å²) in [7, 11) is -9.88. The number of phosphoric ester groups is 2. The molecule has 0 aromatic carbocycles. The van der Waals surface area contributed by atoms with E-state index in [1.54, 1.807) is 0 Å². The fourth-order valence-electron chi connectivity index (χ4n) is 8.89. The lowest BCUT2D eigenvalue weighted by atomic mass is 10.00. The zero-order valence-corrected chi connectivity index (χ0v) is 53.3. The molecule has 3 N–H and O–H groups in total. The number of aliphatic hydroxyl groups is 1. The van der Waals surface area contributed by atoms with Crippen molar-refractivity contribution in [1.29, 1.82) is 0 Å². The molecule has 0 heterocycles. The van der Waals surface area contributed by atoms with Gasteiger partial charge in [0.25, 0.3) is 0 Å². The Hall–Kier alpha value is -1.94. The molecule has 0 saturated heterocycles. The molecule has 0 fully saturated rings. The van der Waals surface area contributed by atoms with Crippen LogP contribution in [0.3, 0.4) is 0 Å². The van der Waals surface area contributed by atoms with E-state index in [0.29, 0.717) is 25.7 Å². The quantitative estimate of drug-likeness (QED) is 0.0222. The molecule has 7 atom stereocenters. The molecule has 0 radical (unpaired) electrons. The lowest BCUT2D eigenvalue weighted by Gasteiger charge is -2.21. The van der Waals surface area contributed by atoms with Gasteiger partial charge in [-0.3, -0.25) is 37.3 Å². The van der Waals surface area contributed by atoms with Gasteiger partial charge in [0.05, 0.1) is 26.4 Å². The molecule has 0 saturated carbocycles. The third-order valence-corrected chi connectivity index (χ3v) is 16.5. The summed E-state index contributed by atoms with van der Waals surface area (Å²) < 4.78 is 67.8. The van der Waals surface area contributed by atoms with Gasteiger partial charge in [-0.2, -0.15) is 0 Å². The minimum atomic E-state index is -4.94. The fourth-order valence-corrected chi connectivity index (χ4v) is 10.5. The van der Waals surface area contributed by atoms with Gasteiger partial charge in [0.15, 0.2) is 12.2 Å². The second kappa shape index (κ2) is 52.6. The topological polar surface area (TPSA) is 237 Å². The summed E-state index contributed by atoms with van der Waals surface area (Å²) in [5.74, 6) is 0.0558. The Labute approximate surface area is 486 Å². The highest BCUT2D eigenvalue weighted by Gasteiger charge is 2.30. The Bertz CT molecular complexity index is 1600. The number of ether oxygens (including phenoxy) is 4. The molecule has 0 aliphatic rings. The molecule has 0 spiro atoms. The van der Waals surface area contributed by atoms with Crippen molar-refractivity contribution in [2.45, 2.75) is 311 Å². The SMILES string of the molecule is CCCCCCCCCC(=O)OC[C@H](COP(=O)(O)OC[C@H](O)COP(=O)(O)OC[C@@H](COC(=O)CCCCCCCCC(C)CC)OC(=O)CCCCCCCCCCCCC(C)C)OC(=O)CCCCCCCCC(C)CC. The average molecular weight is 1190 g/mol. The van der Waals surface area contributed by atoms with Gasteiger partial charge in [0.2, 0.25) is 0 Å². The molecule has 17 nitrogen and oxygen atoms in total. The molecule has 0 aromatic heterocycles. The van der Waals surface area contributed by atoms with Gasteiger partial charge in [0, 0.05) is 25.7 Å². The number of phosphoric acid groups is 2. The maximum absolute atomic E-state index is 12.9. The predicted molar refractivity (Wildman–Crippen MR) is 317 cm³/mol. The normalized spacial score (nSPS) is 15.1. The highest BCUT2D eigenvalue weighted by molar-refractivity contribution is 7.47. The standard InChI is InChI=1S/C61H118O17P2/c1-8-11-12-13-18-28-35-42-58(63)71-48-57(78-61(66)45-38-31-24-22-27-34-41-54(7)10-3)51-76-80(69,70)74-47-55(62)46-73-79(67,68)75-50-56(49-72-59(64)43-36-29-23-21-26-33-40-53(6)9-2)77-60(65)44-37-30-20-17-15-14-16-19-25-32-39-52(4)5/h52-57,62H,8-51H2,1-7H3,(H,67,68)(H,69,70)/t53?,54?,55-,56-,57-/m1/s1. The Morgan fingerprint density at radius 1 is 0.362 bits per heavy atom. The van der Waals surface area contributed by atoms with Crippen molar-refractivity contribution in [2.24, 2.45) is 17.8 Å². The van der Waals surface area contributed by atoms with Crippen LogP contribution in [0, 0.1) is 17.8 Å². The number of hydrogen-bond donors (Lipinski definition) is 3. The van der Waals surface area contributed by atoms with E-state index >= 15 is 0 Å². The molecular formula is C61H118O17P2. The third kappa shape index (κ3) is 52.8. The number of unbranched alkanes of at least 4 members (excludes halogenated alkanes) is 25.